The molecule has 27 heavy (non-hydrogen) atoms. The van der Waals surface area contributed by atoms with E-state index in [0.717, 1.165) is 5.56 Å². The summed E-state index contributed by atoms with van der Waals surface area (Å²) in [6.45, 7) is 7.06. The molecule has 0 aliphatic carbocycles. The summed E-state index contributed by atoms with van der Waals surface area (Å²) in [6.07, 6.45) is 0. The summed E-state index contributed by atoms with van der Waals surface area (Å²) >= 11 is 0. The molecule has 0 heterocycles. The first-order valence-electron chi connectivity index (χ1n) is 8.69. The van der Waals surface area contributed by atoms with Crippen LogP contribution in [0.5, 0.6) is 5.75 Å². The molecule has 0 amide bonds. The lowest BCUT2D eigenvalue weighted by Crippen LogP contribution is -2.48. The van der Waals surface area contributed by atoms with Crippen molar-refractivity contribution in [3.8, 4) is 5.75 Å². The Bertz CT molecular complexity index is 766. The number of hydrogen-bond acceptors (Lipinski definition) is 6. The second kappa shape index (κ2) is 8.41. The smallest absolute Gasteiger partial charge is 0.338 e. The molecule has 2 N–H and O–H groups in total. The molecule has 0 spiro atoms. The summed E-state index contributed by atoms with van der Waals surface area (Å²) in [7, 11) is 1.50. The second-order valence-corrected chi connectivity index (χ2v) is 7.25. The van der Waals surface area contributed by atoms with E-state index in [-0.39, 0.29) is 6.61 Å². The van der Waals surface area contributed by atoms with E-state index in [9.17, 15) is 9.90 Å². The van der Waals surface area contributed by atoms with Crippen LogP contribution in [-0.4, -0.2) is 29.4 Å². The van der Waals surface area contributed by atoms with Crippen LogP contribution in [0.3, 0.4) is 0 Å². The van der Waals surface area contributed by atoms with Gasteiger partial charge in [-0.25, -0.2) is 4.79 Å². The van der Waals surface area contributed by atoms with Crippen molar-refractivity contribution in [2.75, 3.05) is 12.6 Å². The predicted molar refractivity (Wildman–Crippen MR) is 104 cm³/mol. The lowest BCUT2D eigenvalue weighted by atomic mass is 9.90. The van der Waals surface area contributed by atoms with Crippen molar-refractivity contribution in [3.05, 3.63) is 59.7 Å². The molecule has 0 atom stereocenters. The van der Waals surface area contributed by atoms with E-state index in [4.69, 9.17) is 14.3 Å². The number of rotatable bonds is 8. The molecule has 0 aliphatic rings. The molecule has 6 nitrogen and oxygen atoms in total. The van der Waals surface area contributed by atoms with E-state index in [1.807, 2.05) is 30.3 Å². The summed E-state index contributed by atoms with van der Waals surface area (Å²) in [5.74, 6) is -0.0165. The summed E-state index contributed by atoms with van der Waals surface area (Å²) < 4.78 is 10.7. The lowest BCUT2D eigenvalue weighted by molar-refractivity contribution is -0.130. The van der Waals surface area contributed by atoms with Gasteiger partial charge < -0.3 is 14.6 Å². The van der Waals surface area contributed by atoms with E-state index in [2.05, 4.69) is 5.48 Å². The Morgan fingerprint density at radius 1 is 1.07 bits per heavy atom. The highest BCUT2D eigenvalue weighted by atomic mass is 16.7. The number of methoxy groups -OCH3 is 1. The number of hydrogen-bond donors (Lipinski definition) is 2. The first-order valence-corrected chi connectivity index (χ1v) is 8.69. The maximum Gasteiger partial charge on any atom is 0.338 e. The third-order valence-corrected chi connectivity index (χ3v) is 4.54. The standard InChI is InChI=1S/C21H27NO5/c1-20(2,24)21(3,4)27-22-17-12-11-16(13-18(17)25-5)19(23)26-14-15-9-7-6-8-10-15/h6-13,22,24H,14H2,1-5H3. The van der Waals surface area contributed by atoms with Crippen molar-refractivity contribution < 1.29 is 24.2 Å². The highest BCUT2D eigenvalue weighted by molar-refractivity contribution is 5.90. The number of benzene rings is 2. The van der Waals surface area contributed by atoms with Crippen LogP contribution in [0.4, 0.5) is 5.69 Å². The Labute approximate surface area is 160 Å². The van der Waals surface area contributed by atoms with Gasteiger partial charge in [-0.15, -0.1) is 0 Å². The van der Waals surface area contributed by atoms with Crippen LogP contribution < -0.4 is 10.2 Å². The molecule has 0 fully saturated rings. The number of carbonyl (C=O) groups is 1. The molecule has 2 rings (SSSR count). The average Bonchev–Trinajstić information content (AvgIpc) is 2.64. The maximum atomic E-state index is 12.3. The number of esters is 1. The zero-order chi connectivity index (χ0) is 20.1. The van der Waals surface area contributed by atoms with E-state index in [0.29, 0.717) is 17.0 Å². The fourth-order valence-electron chi connectivity index (χ4n) is 2.02. The van der Waals surface area contributed by atoms with Crippen molar-refractivity contribution in [1.82, 2.24) is 0 Å². The lowest BCUT2D eigenvalue weighted by Gasteiger charge is -2.36. The van der Waals surface area contributed by atoms with Gasteiger partial charge in [0.2, 0.25) is 0 Å². The van der Waals surface area contributed by atoms with Crippen LogP contribution in [0.15, 0.2) is 48.5 Å². The highest BCUT2D eigenvalue weighted by Gasteiger charge is 2.37. The van der Waals surface area contributed by atoms with Gasteiger partial charge in [0, 0.05) is 0 Å². The quantitative estimate of drug-likeness (QED) is 0.539. The Morgan fingerprint density at radius 2 is 1.74 bits per heavy atom. The maximum absolute atomic E-state index is 12.3. The Hall–Kier alpha value is -2.57. The first kappa shape index (κ1) is 20.7. The van der Waals surface area contributed by atoms with Crippen molar-refractivity contribution in [2.45, 2.75) is 45.5 Å². The molecule has 0 aliphatic heterocycles. The molecule has 0 bridgehead atoms. The SMILES string of the molecule is COc1cc(C(=O)OCc2ccccc2)ccc1NOC(C)(C)C(C)(C)O. The van der Waals surface area contributed by atoms with Gasteiger partial charge in [-0.2, -0.15) is 0 Å². The number of ether oxygens (including phenoxy) is 2. The van der Waals surface area contributed by atoms with Gasteiger partial charge in [0.25, 0.3) is 0 Å². The van der Waals surface area contributed by atoms with Gasteiger partial charge in [-0.3, -0.25) is 10.3 Å². The molecule has 0 saturated carbocycles. The highest BCUT2D eigenvalue weighted by Crippen LogP contribution is 2.30. The fourth-order valence-corrected chi connectivity index (χ4v) is 2.02. The minimum Gasteiger partial charge on any atom is -0.494 e. The second-order valence-electron chi connectivity index (χ2n) is 7.25. The van der Waals surface area contributed by atoms with Gasteiger partial charge in [0.1, 0.15) is 23.6 Å². The third-order valence-electron chi connectivity index (χ3n) is 4.54. The Kier molecular flexibility index (Phi) is 6.46. The molecule has 0 saturated heterocycles. The number of anilines is 1. The third kappa shape index (κ3) is 5.45. The Balaban J connectivity index is 2.05. The minimum atomic E-state index is -1.06. The largest absolute Gasteiger partial charge is 0.494 e. The van der Waals surface area contributed by atoms with Gasteiger partial charge in [-0.05, 0) is 51.5 Å². The van der Waals surface area contributed by atoms with E-state index in [1.165, 1.54) is 7.11 Å². The van der Waals surface area contributed by atoms with Gasteiger partial charge in [0.15, 0.2) is 0 Å². The molecular formula is C21H27NO5. The molecule has 0 radical (unpaired) electrons. The van der Waals surface area contributed by atoms with Gasteiger partial charge in [-0.1, -0.05) is 30.3 Å². The van der Waals surface area contributed by atoms with Gasteiger partial charge >= 0.3 is 5.97 Å². The predicted octanol–water partition coefficient (Wildman–Crippen LogP) is 3.95. The van der Waals surface area contributed by atoms with Crippen LogP contribution in [0.25, 0.3) is 0 Å². The monoisotopic (exact) mass is 373 g/mol. The van der Waals surface area contributed by atoms with Crippen LogP contribution >= 0.6 is 0 Å². The zero-order valence-electron chi connectivity index (χ0n) is 16.4. The molecule has 2 aromatic carbocycles. The topological polar surface area (TPSA) is 77.0 Å². The van der Waals surface area contributed by atoms with Crippen molar-refractivity contribution >= 4 is 11.7 Å². The molecule has 0 unspecified atom stereocenters. The summed E-state index contributed by atoms with van der Waals surface area (Å²) in [6, 6.07) is 14.3. The molecule has 0 aromatic heterocycles. The number of nitrogens with one attached hydrogen (secondary N) is 1. The first-order chi connectivity index (χ1) is 12.6. The van der Waals surface area contributed by atoms with E-state index >= 15 is 0 Å². The molecule has 146 valence electrons. The van der Waals surface area contributed by atoms with E-state index < -0.39 is 17.2 Å². The van der Waals surface area contributed by atoms with Crippen molar-refractivity contribution in [1.29, 1.82) is 0 Å². The van der Waals surface area contributed by atoms with E-state index in [1.54, 1.807) is 45.9 Å². The normalized spacial score (nSPS) is 11.8. The summed E-state index contributed by atoms with van der Waals surface area (Å²) in [5.41, 5.74) is 2.70. The number of aliphatic hydroxyl groups is 1. The molecule has 2 aromatic rings. The number of carbonyl (C=O) groups excluding carboxylic acids is 1. The zero-order valence-corrected chi connectivity index (χ0v) is 16.4. The summed E-state index contributed by atoms with van der Waals surface area (Å²) in [5, 5.41) is 10.2. The minimum absolute atomic E-state index is 0.199. The van der Waals surface area contributed by atoms with Crippen molar-refractivity contribution in [2.24, 2.45) is 0 Å². The fraction of sp³-hybridized carbons (Fsp3) is 0.381. The Morgan fingerprint density at radius 3 is 2.33 bits per heavy atom. The molecular weight excluding hydrogens is 346 g/mol. The van der Waals surface area contributed by atoms with Crippen LogP contribution in [0.1, 0.15) is 43.6 Å². The summed E-state index contributed by atoms with van der Waals surface area (Å²) in [4.78, 5) is 17.9. The van der Waals surface area contributed by atoms with Gasteiger partial charge in [0.05, 0.1) is 18.3 Å². The van der Waals surface area contributed by atoms with Crippen molar-refractivity contribution in [3.63, 3.8) is 0 Å². The van der Waals surface area contributed by atoms with Crippen LogP contribution in [-0.2, 0) is 16.2 Å². The van der Waals surface area contributed by atoms with Crippen LogP contribution in [0, 0.1) is 0 Å². The molecule has 6 heteroatoms. The van der Waals surface area contributed by atoms with Crippen LogP contribution in [0.2, 0.25) is 0 Å². The average molecular weight is 373 g/mol.